The van der Waals surface area contributed by atoms with Gasteiger partial charge in [0.2, 0.25) is 0 Å². The fourth-order valence-electron chi connectivity index (χ4n) is 3.32. The molecule has 0 aliphatic carbocycles. The van der Waals surface area contributed by atoms with Gasteiger partial charge in [-0.3, -0.25) is 8.71 Å². The highest BCUT2D eigenvalue weighted by Gasteiger charge is 2.29. The number of hydrogen-bond donors (Lipinski definition) is 0. The van der Waals surface area contributed by atoms with Gasteiger partial charge in [-0.25, -0.2) is 12.8 Å². The number of hydrogen-bond acceptors (Lipinski definition) is 4. The Morgan fingerprint density at radius 2 is 1.73 bits per heavy atom. The van der Waals surface area contributed by atoms with Crippen LogP contribution in [-0.2, 0) is 23.0 Å². The van der Waals surface area contributed by atoms with E-state index in [1.54, 1.807) is 53.9 Å². The minimum Gasteiger partial charge on any atom is -0.286 e. The summed E-state index contributed by atoms with van der Waals surface area (Å²) in [7, 11) is -4.06. The van der Waals surface area contributed by atoms with Crippen LogP contribution >= 0.6 is 0 Å². The molecule has 0 amide bonds. The van der Waals surface area contributed by atoms with Crippen molar-refractivity contribution in [1.29, 1.82) is 0 Å². The molecule has 4 aromatic rings. The fourth-order valence-corrected chi connectivity index (χ4v) is 4.89. The van der Waals surface area contributed by atoms with Crippen molar-refractivity contribution < 1.29 is 12.8 Å². The standard InChI is InChI=1S/C22H21FN4O2S/c1-3-17-10-12-19(13-11-17)27(15-18-7-4-5-8-20(18)23)30(28,29)21-9-6-14-26-16(2)24-25-22(21)26/h4-14H,3,15H2,1-2H3. The van der Waals surface area contributed by atoms with E-state index in [1.165, 1.54) is 16.4 Å². The molecule has 4 rings (SSSR count). The Morgan fingerprint density at radius 3 is 2.43 bits per heavy atom. The first-order valence-electron chi connectivity index (χ1n) is 9.57. The maximum atomic E-state index is 14.4. The van der Waals surface area contributed by atoms with Gasteiger partial charge in [-0.05, 0) is 49.2 Å². The van der Waals surface area contributed by atoms with Crippen molar-refractivity contribution in [2.75, 3.05) is 4.31 Å². The topological polar surface area (TPSA) is 67.6 Å². The van der Waals surface area contributed by atoms with Gasteiger partial charge in [0.05, 0.1) is 12.2 Å². The van der Waals surface area contributed by atoms with Gasteiger partial charge < -0.3 is 0 Å². The number of anilines is 1. The van der Waals surface area contributed by atoms with Gasteiger partial charge in [-0.15, -0.1) is 10.2 Å². The van der Waals surface area contributed by atoms with Gasteiger partial charge in [-0.2, -0.15) is 0 Å². The largest absolute Gasteiger partial charge is 0.286 e. The summed E-state index contributed by atoms with van der Waals surface area (Å²) >= 11 is 0. The Bertz CT molecular complexity index is 1300. The van der Waals surface area contributed by atoms with Crippen LogP contribution in [0.5, 0.6) is 0 Å². The van der Waals surface area contributed by atoms with Crippen LogP contribution in [0.4, 0.5) is 10.1 Å². The van der Waals surface area contributed by atoms with Crippen molar-refractivity contribution in [1.82, 2.24) is 14.6 Å². The second-order valence-electron chi connectivity index (χ2n) is 6.94. The van der Waals surface area contributed by atoms with E-state index in [4.69, 9.17) is 0 Å². The number of nitrogens with zero attached hydrogens (tertiary/aromatic N) is 4. The Morgan fingerprint density at radius 1 is 1.00 bits per heavy atom. The lowest BCUT2D eigenvalue weighted by Crippen LogP contribution is -2.31. The molecule has 0 aliphatic rings. The maximum Gasteiger partial charge on any atom is 0.268 e. The average Bonchev–Trinajstić information content (AvgIpc) is 3.14. The summed E-state index contributed by atoms with van der Waals surface area (Å²) in [6.07, 6.45) is 2.54. The Balaban J connectivity index is 1.88. The van der Waals surface area contributed by atoms with E-state index in [2.05, 4.69) is 10.2 Å². The molecule has 8 heteroatoms. The molecule has 154 valence electrons. The molecule has 0 atom stereocenters. The molecule has 0 spiro atoms. The van der Waals surface area contributed by atoms with Crippen LogP contribution in [0.3, 0.4) is 0 Å². The lowest BCUT2D eigenvalue weighted by Gasteiger charge is -2.25. The lowest BCUT2D eigenvalue weighted by atomic mass is 10.1. The molecular weight excluding hydrogens is 403 g/mol. The summed E-state index contributed by atoms with van der Waals surface area (Å²) < 4.78 is 44.7. The Kier molecular flexibility index (Phi) is 5.26. The molecule has 2 aromatic carbocycles. The van der Waals surface area contributed by atoms with Crippen LogP contribution in [0.25, 0.3) is 5.65 Å². The molecular formula is C22H21FN4O2S. The third-order valence-electron chi connectivity index (χ3n) is 5.04. The molecule has 0 saturated heterocycles. The quantitative estimate of drug-likeness (QED) is 0.467. The van der Waals surface area contributed by atoms with Gasteiger partial charge in [-0.1, -0.05) is 37.3 Å². The monoisotopic (exact) mass is 424 g/mol. The fraction of sp³-hybridized carbons (Fsp3) is 0.182. The number of rotatable bonds is 6. The summed E-state index contributed by atoms with van der Waals surface area (Å²) in [5.41, 5.74) is 2.05. The Labute approximate surface area is 174 Å². The summed E-state index contributed by atoms with van der Waals surface area (Å²) in [6, 6.07) is 16.5. The van der Waals surface area contributed by atoms with Crippen LogP contribution in [-0.4, -0.2) is 23.0 Å². The van der Waals surface area contributed by atoms with Crippen molar-refractivity contribution in [3.63, 3.8) is 0 Å². The molecule has 30 heavy (non-hydrogen) atoms. The molecule has 0 N–H and O–H groups in total. The highest BCUT2D eigenvalue weighted by atomic mass is 32.2. The predicted octanol–water partition coefficient (Wildman–Crippen LogP) is 4.13. The van der Waals surface area contributed by atoms with E-state index in [0.717, 1.165) is 12.0 Å². The number of pyridine rings is 1. The van der Waals surface area contributed by atoms with E-state index in [9.17, 15) is 12.8 Å². The summed E-state index contributed by atoms with van der Waals surface area (Å²) in [5, 5.41) is 8.04. The van der Waals surface area contributed by atoms with Crippen LogP contribution in [0.2, 0.25) is 0 Å². The number of aromatic nitrogens is 3. The predicted molar refractivity (Wildman–Crippen MR) is 113 cm³/mol. The number of fused-ring (bicyclic) bond motifs is 1. The molecule has 2 heterocycles. The van der Waals surface area contributed by atoms with E-state index in [1.807, 2.05) is 19.1 Å². The summed E-state index contributed by atoms with van der Waals surface area (Å²) in [6.45, 7) is 3.63. The van der Waals surface area contributed by atoms with Crippen molar-refractivity contribution >= 4 is 21.4 Å². The number of halogens is 1. The first-order chi connectivity index (χ1) is 14.4. The van der Waals surface area contributed by atoms with Gasteiger partial charge in [0.15, 0.2) is 5.65 Å². The van der Waals surface area contributed by atoms with Gasteiger partial charge >= 0.3 is 0 Å². The third-order valence-corrected chi connectivity index (χ3v) is 6.84. The normalized spacial score (nSPS) is 11.7. The number of benzene rings is 2. The average molecular weight is 425 g/mol. The van der Waals surface area contributed by atoms with Crippen LogP contribution in [0, 0.1) is 12.7 Å². The SMILES string of the molecule is CCc1ccc(N(Cc2ccccc2F)S(=O)(=O)c2cccn3c(C)nnc23)cc1. The second-order valence-corrected chi connectivity index (χ2v) is 8.77. The number of sulfonamides is 1. The summed E-state index contributed by atoms with van der Waals surface area (Å²) in [4.78, 5) is 0.0153. The number of aryl methyl sites for hydroxylation is 2. The smallest absolute Gasteiger partial charge is 0.268 e. The van der Waals surface area contributed by atoms with Crippen molar-refractivity contribution in [3.8, 4) is 0 Å². The molecule has 0 fully saturated rings. The Hall–Kier alpha value is -3.26. The lowest BCUT2D eigenvalue weighted by molar-refractivity contribution is 0.585. The zero-order chi connectivity index (χ0) is 21.3. The molecule has 2 aromatic heterocycles. The highest BCUT2D eigenvalue weighted by Crippen LogP contribution is 2.29. The van der Waals surface area contributed by atoms with E-state index in [0.29, 0.717) is 11.5 Å². The molecule has 0 saturated carbocycles. The van der Waals surface area contributed by atoms with E-state index >= 15 is 0 Å². The van der Waals surface area contributed by atoms with Crippen LogP contribution in [0.1, 0.15) is 23.9 Å². The zero-order valence-electron chi connectivity index (χ0n) is 16.7. The molecule has 6 nitrogen and oxygen atoms in total. The van der Waals surface area contributed by atoms with Crippen LogP contribution in [0.15, 0.2) is 71.8 Å². The molecule has 0 bridgehead atoms. The van der Waals surface area contributed by atoms with E-state index in [-0.39, 0.29) is 22.7 Å². The van der Waals surface area contributed by atoms with Crippen molar-refractivity contribution in [3.05, 3.63) is 89.6 Å². The minimum absolute atomic E-state index is 0.0153. The van der Waals surface area contributed by atoms with Crippen LogP contribution < -0.4 is 4.31 Å². The molecule has 0 unspecified atom stereocenters. The first-order valence-corrected chi connectivity index (χ1v) is 11.0. The van der Waals surface area contributed by atoms with E-state index < -0.39 is 15.8 Å². The maximum absolute atomic E-state index is 14.4. The second kappa shape index (κ2) is 7.87. The molecule has 0 radical (unpaired) electrons. The van der Waals surface area contributed by atoms with Gasteiger partial charge in [0, 0.05) is 11.8 Å². The van der Waals surface area contributed by atoms with Gasteiger partial charge in [0.25, 0.3) is 10.0 Å². The third kappa shape index (κ3) is 3.54. The van der Waals surface area contributed by atoms with Crippen molar-refractivity contribution in [2.45, 2.75) is 31.7 Å². The minimum atomic E-state index is -4.06. The molecule has 0 aliphatic heterocycles. The zero-order valence-corrected chi connectivity index (χ0v) is 17.5. The highest BCUT2D eigenvalue weighted by molar-refractivity contribution is 7.93. The van der Waals surface area contributed by atoms with Gasteiger partial charge in [0.1, 0.15) is 16.5 Å². The summed E-state index contributed by atoms with van der Waals surface area (Å²) in [5.74, 6) is 0.120. The first kappa shape index (κ1) is 20.0. The van der Waals surface area contributed by atoms with Crippen molar-refractivity contribution in [2.24, 2.45) is 0 Å².